The van der Waals surface area contributed by atoms with Crippen LogP contribution < -0.4 is 15.2 Å². The van der Waals surface area contributed by atoms with Crippen molar-refractivity contribution in [1.29, 1.82) is 0 Å². The van der Waals surface area contributed by atoms with Crippen LogP contribution in [0.25, 0.3) is 0 Å². The zero-order chi connectivity index (χ0) is 14.4. The first-order valence-corrected chi connectivity index (χ1v) is 5.96. The summed E-state index contributed by atoms with van der Waals surface area (Å²) in [6, 6.07) is 4.51. The highest BCUT2D eigenvalue weighted by Crippen LogP contribution is 2.32. The quantitative estimate of drug-likeness (QED) is 0.778. The Balaban J connectivity index is 3.20. The fourth-order valence-electron chi connectivity index (χ4n) is 1.56. The van der Waals surface area contributed by atoms with Crippen molar-refractivity contribution >= 4 is 11.9 Å². The van der Waals surface area contributed by atoms with E-state index in [1.54, 1.807) is 26.0 Å². The highest BCUT2D eigenvalue weighted by molar-refractivity contribution is 5.92. The molecule has 0 heterocycles. The van der Waals surface area contributed by atoms with Crippen LogP contribution in [0.3, 0.4) is 0 Å². The second-order valence-electron chi connectivity index (χ2n) is 3.79. The number of benzene rings is 1. The molecular weight excluding hydrogens is 250 g/mol. The fraction of sp³-hybridized carbons (Fsp3) is 0.385. The van der Waals surface area contributed by atoms with Gasteiger partial charge in [-0.2, -0.15) is 0 Å². The number of carboxylic acid groups (broad SMARTS) is 1. The molecule has 0 spiro atoms. The summed E-state index contributed by atoms with van der Waals surface area (Å²) < 4.78 is 10.7. The second-order valence-corrected chi connectivity index (χ2v) is 3.79. The van der Waals surface area contributed by atoms with Gasteiger partial charge in [-0.3, -0.25) is 4.79 Å². The summed E-state index contributed by atoms with van der Waals surface area (Å²) in [5.41, 5.74) is 5.13. The highest BCUT2D eigenvalue weighted by Gasteiger charge is 2.22. The Kier molecular flexibility index (Phi) is 5.17. The van der Waals surface area contributed by atoms with Crippen molar-refractivity contribution in [3.05, 3.63) is 23.8 Å². The Morgan fingerprint density at radius 1 is 1.37 bits per heavy atom. The molecule has 0 saturated carbocycles. The van der Waals surface area contributed by atoms with Crippen LogP contribution in [0.2, 0.25) is 0 Å². The lowest BCUT2D eigenvalue weighted by Gasteiger charge is -2.18. The van der Waals surface area contributed by atoms with Crippen molar-refractivity contribution in [1.82, 2.24) is 0 Å². The van der Waals surface area contributed by atoms with Gasteiger partial charge >= 0.3 is 5.97 Å². The number of para-hydroxylation sites is 1. The number of rotatable bonds is 7. The largest absolute Gasteiger partial charge is 0.490 e. The summed E-state index contributed by atoms with van der Waals surface area (Å²) in [6.45, 7) is 3.84. The van der Waals surface area contributed by atoms with Crippen LogP contribution in [0.15, 0.2) is 18.2 Å². The van der Waals surface area contributed by atoms with Crippen molar-refractivity contribution in [2.75, 3.05) is 6.61 Å². The maximum absolute atomic E-state index is 11.2. The SMILES string of the molecule is CCOc1cccc(C(=O)O)c1OC(CC)C(N)=O. The first-order chi connectivity index (χ1) is 9.01. The van der Waals surface area contributed by atoms with Crippen LogP contribution in [0.1, 0.15) is 30.6 Å². The van der Waals surface area contributed by atoms with E-state index in [0.717, 1.165) is 0 Å². The van der Waals surface area contributed by atoms with E-state index in [1.165, 1.54) is 6.07 Å². The number of primary amides is 1. The van der Waals surface area contributed by atoms with Gasteiger partial charge in [0.05, 0.1) is 6.61 Å². The molecule has 1 aromatic rings. The standard InChI is InChI=1S/C13H17NO5/c1-3-9(12(14)15)19-11-8(13(16)17)6-5-7-10(11)18-4-2/h5-7,9H,3-4H2,1-2H3,(H2,14,15)(H,16,17). The average molecular weight is 267 g/mol. The minimum absolute atomic E-state index is 0.0301. The summed E-state index contributed by atoms with van der Waals surface area (Å²) in [6.07, 6.45) is -0.547. The molecule has 1 amide bonds. The highest BCUT2D eigenvalue weighted by atomic mass is 16.5. The summed E-state index contributed by atoms with van der Waals surface area (Å²) >= 11 is 0. The molecule has 0 aliphatic heterocycles. The lowest BCUT2D eigenvalue weighted by Crippen LogP contribution is -2.33. The molecule has 0 aliphatic carbocycles. The van der Waals surface area contributed by atoms with Gasteiger partial charge < -0.3 is 20.3 Å². The van der Waals surface area contributed by atoms with Gasteiger partial charge in [0.25, 0.3) is 5.91 Å². The summed E-state index contributed by atoms with van der Waals surface area (Å²) in [7, 11) is 0. The van der Waals surface area contributed by atoms with E-state index < -0.39 is 18.0 Å². The molecule has 0 radical (unpaired) electrons. The molecule has 6 heteroatoms. The minimum atomic E-state index is -1.16. The van der Waals surface area contributed by atoms with E-state index in [-0.39, 0.29) is 17.1 Å². The fourth-order valence-corrected chi connectivity index (χ4v) is 1.56. The van der Waals surface area contributed by atoms with Crippen molar-refractivity contribution in [3.8, 4) is 11.5 Å². The number of aromatic carboxylic acids is 1. The Bertz CT molecular complexity index is 472. The number of carbonyl (C=O) groups is 2. The maximum atomic E-state index is 11.2. The van der Waals surface area contributed by atoms with Crippen LogP contribution in [0.5, 0.6) is 11.5 Å². The van der Waals surface area contributed by atoms with Crippen LogP contribution in [-0.4, -0.2) is 29.7 Å². The molecule has 0 saturated heterocycles. The molecule has 1 atom stereocenters. The van der Waals surface area contributed by atoms with E-state index in [0.29, 0.717) is 13.0 Å². The Hall–Kier alpha value is -2.24. The monoisotopic (exact) mass is 267 g/mol. The number of amides is 1. The van der Waals surface area contributed by atoms with Crippen molar-refractivity contribution in [3.63, 3.8) is 0 Å². The average Bonchev–Trinajstić information content (AvgIpc) is 2.36. The molecule has 19 heavy (non-hydrogen) atoms. The zero-order valence-corrected chi connectivity index (χ0v) is 10.9. The second kappa shape index (κ2) is 6.63. The molecule has 1 aromatic carbocycles. The number of carbonyl (C=O) groups excluding carboxylic acids is 1. The van der Waals surface area contributed by atoms with Crippen molar-refractivity contribution in [2.45, 2.75) is 26.4 Å². The number of nitrogens with two attached hydrogens (primary N) is 1. The number of hydrogen-bond donors (Lipinski definition) is 2. The van der Waals surface area contributed by atoms with E-state index in [1.807, 2.05) is 0 Å². The normalized spacial score (nSPS) is 11.7. The molecule has 0 bridgehead atoms. The van der Waals surface area contributed by atoms with Gasteiger partial charge in [0, 0.05) is 0 Å². The Labute approximate surface area is 111 Å². The molecule has 6 nitrogen and oxygen atoms in total. The van der Waals surface area contributed by atoms with Crippen LogP contribution in [-0.2, 0) is 4.79 Å². The molecule has 104 valence electrons. The van der Waals surface area contributed by atoms with E-state index in [4.69, 9.17) is 20.3 Å². The van der Waals surface area contributed by atoms with Crippen LogP contribution in [0, 0.1) is 0 Å². The van der Waals surface area contributed by atoms with Gasteiger partial charge in [0.15, 0.2) is 17.6 Å². The summed E-state index contributed by atoms with van der Waals surface area (Å²) in [5.74, 6) is -1.49. The first-order valence-electron chi connectivity index (χ1n) is 5.96. The Morgan fingerprint density at radius 2 is 2.05 bits per heavy atom. The summed E-state index contributed by atoms with van der Waals surface area (Å²) in [4.78, 5) is 22.4. The smallest absolute Gasteiger partial charge is 0.339 e. The van der Waals surface area contributed by atoms with E-state index in [2.05, 4.69) is 0 Å². The third kappa shape index (κ3) is 3.61. The van der Waals surface area contributed by atoms with Crippen molar-refractivity contribution in [2.24, 2.45) is 5.73 Å². The van der Waals surface area contributed by atoms with E-state index in [9.17, 15) is 9.59 Å². The van der Waals surface area contributed by atoms with Gasteiger partial charge in [-0.05, 0) is 25.5 Å². The van der Waals surface area contributed by atoms with Gasteiger partial charge in [-0.15, -0.1) is 0 Å². The molecule has 1 unspecified atom stereocenters. The van der Waals surface area contributed by atoms with Gasteiger partial charge in [0.2, 0.25) is 0 Å². The summed E-state index contributed by atoms with van der Waals surface area (Å²) in [5, 5.41) is 9.13. The molecule has 0 aliphatic rings. The number of ether oxygens (including phenoxy) is 2. The van der Waals surface area contributed by atoms with Gasteiger partial charge in [-0.1, -0.05) is 13.0 Å². The van der Waals surface area contributed by atoms with E-state index >= 15 is 0 Å². The van der Waals surface area contributed by atoms with Crippen molar-refractivity contribution < 1.29 is 24.2 Å². The first kappa shape index (κ1) is 14.8. The molecule has 0 aromatic heterocycles. The maximum Gasteiger partial charge on any atom is 0.339 e. The predicted molar refractivity (Wildman–Crippen MR) is 68.5 cm³/mol. The lowest BCUT2D eigenvalue weighted by molar-refractivity contribution is -0.124. The molecule has 1 rings (SSSR count). The lowest BCUT2D eigenvalue weighted by atomic mass is 10.1. The molecule has 0 fully saturated rings. The molecular formula is C13H17NO5. The molecule has 3 N–H and O–H groups in total. The zero-order valence-electron chi connectivity index (χ0n) is 10.9. The third-order valence-corrected chi connectivity index (χ3v) is 2.46. The topological polar surface area (TPSA) is 98.8 Å². The van der Waals surface area contributed by atoms with Crippen LogP contribution >= 0.6 is 0 Å². The number of carboxylic acids is 1. The van der Waals surface area contributed by atoms with Gasteiger partial charge in [-0.25, -0.2) is 4.79 Å². The number of hydrogen-bond acceptors (Lipinski definition) is 4. The predicted octanol–water partition coefficient (Wildman–Crippen LogP) is 1.43. The third-order valence-electron chi connectivity index (χ3n) is 2.46. The minimum Gasteiger partial charge on any atom is -0.490 e. The Morgan fingerprint density at radius 3 is 2.53 bits per heavy atom. The van der Waals surface area contributed by atoms with Crippen LogP contribution in [0.4, 0.5) is 0 Å². The van der Waals surface area contributed by atoms with Gasteiger partial charge in [0.1, 0.15) is 5.56 Å².